The molecule has 0 unspecified atom stereocenters. The van der Waals surface area contributed by atoms with Crippen molar-refractivity contribution in [1.82, 2.24) is 14.9 Å². The van der Waals surface area contributed by atoms with E-state index in [1.54, 1.807) is 12.4 Å². The molecule has 0 aromatic carbocycles. The molecule has 1 amide bonds. The minimum atomic E-state index is 0.306. The standard InChI is InChI=1S/C17H24N4O/c22-16(9-12-3-1-4-12)21-10-14(13-5-6-13)15(11-21)20-17-18-7-2-8-19-17/h2,7-8,12-15H,1,3-6,9-11H2,(H,18,19,20)/t14-,15+/m0/s1. The third kappa shape index (κ3) is 2.94. The number of rotatable bonds is 5. The van der Waals surface area contributed by atoms with Crippen LogP contribution in [0.5, 0.6) is 0 Å². The normalized spacial score (nSPS) is 28.5. The first-order chi connectivity index (χ1) is 10.8. The molecule has 2 heterocycles. The van der Waals surface area contributed by atoms with Crippen LogP contribution in [0.1, 0.15) is 38.5 Å². The molecule has 118 valence electrons. The van der Waals surface area contributed by atoms with Crippen LogP contribution in [0.25, 0.3) is 0 Å². The molecule has 1 saturated heterocycles. The highest BCUT2D eigenvalue weighted by molar-refractivity contribution is 5.77. The average Bonchev–Trinajstić information content (AvgIpc) is 3.25. The van der Waals surface area contributed by atoms with Gasteiger partial charge in [-0.05, 0) is 43.6 Å². The summed E-state index contributed by atoms with van der Waals surface area (Å²) in [6.45, 7) is 1.73. The number of carbonyl (C=O) groups is 1. The number of likely N-dealkylation sites (tertiary alicyclic amines) is 1. The molecule has 0 spiro atoms. The smallest absolute Gasteiger partial charge is 0.222 e. The first-order valence-corrected chi connectivity index (χ1v) is 8.61. The minimum absolute atomic E-state index is 0.306. The highest BCUT2D eigenvalue weighted by Crippen LogP contribution is 2.42. The molecule has 0 bridgehead atoms. The zero-order valence-electron chi connectivity index (χ0n) is 12.9. The Kier molecular flexibility index (Phi) is 3.72. The first kappa shape index (κ1) is 14.0. The Morgan fingerprint density at radius 1 is 1.18 bits per heavy atom. The Labute approximate surface area is 131 Å². The van der Waals surface area contributed by atoms with E-state index in [1.807, 2.05) is 6.07 Å². The van der Waals surface area contributed by atoms with Crippen molar-refractivity contribution in [2.75, 3.05) is 18.4 Å². The molecule has 2 saturated carbocycles. The van der Waals surface area contributed by atoms with Crippen molar-refractivity contribution < 1.29 is 4.79 Å². The van der Waals surface area contributed by atoms with Crippen LogP contribution in [0.15, 0.2) is 18.5 Å². The molecule has 3 aliphatic rings. The van der Waals surface area contributed by atoms with Crippen LogP contribution in [0.3, 0.4) is 0 Å². The van der Waals surface area contributed by atoms with Gasteiger partial charge in [-0.2, -0.15) is 0 Å². The van der Waals surface area contributed by atoms with Crippen LogP contribution in [-0.2, 0) is 4.79 Å². The first-order valence-electron chi connectivity index (χ1n) is 8.61. The zero-order valence-corrected chi connectivity index (χ0v) is 12.9. The van der Waals surface area contributed by atoms with Crippen molar-refractivity contribution in [2.24, 2.45) is 17.8 Å². The molecule has 4 rings (SSSR count). The number of hydrogen-bond donors (Lipinski definition) is 1. The topological polar surface area (TPSA) is 58.1 Å². The minimum Gasteiger partial charge on any atom is -0.349 e. The second kappa shape index (κ2) is 5.86. The number of anilines is 1. The van der Waals surface area contributed by atoms with Gasteiger partial charge >= 0.3 is 0 Å². The van der Waals surface area contributed by atoms with Crippen LogP contribution in [0.4, 0.5) is 5.95 Å². The van der Waals surface area contributed by atoms with Crippen molar-refractivity contribution in [3.63, 3.8) is 0 Å². The molecule has 2 atom stereocenters. The fourth-order valence-corrected chi connectivity index (χ4v) is 3.80. The van der Waals surface area contributed by atoms with Gasteiger partial charge in [-0.3, -0.25) is 4.79 Å². The summed E-state index contributed by atoms with van der Waals surface area (Å²) < 4.78 is 0. The Morgan fingerprint density at radius 3 is 2.59 bits per heavy atom. The van der Waals surface area contributed by atoms with E-state index >= 15 is 0 Å². The van der Waals surface area contributed by atoms with Crippen LogP contribution in [-0.4, -0.2) is 39.9 Å². The molecule has 1 aromatic heterocycles. The van der Waals surface area contributed by atoms with Gasteiger partial charge in [0.15, 0.2) is 0 Å². The lowest BCUT2D eigenvalue weighted by molar-refractivity contribution is -0.131. The lowest BCUT2D eigenvalue weighted by Crippen LogP contribution is -2.34. The zero-order chi connectivity index (χ0) is 14.9. The van der Waals surface area contributed by atoms with E-state index < -0.39 is 0 Å². The molecular formula is C17H24N4O. The molecule has 0 radical (unpaired) electrons. The van der Waals surface area contributed by atoms with Gasteiger partial charge in [-0.25, -0.2) is 9.97 Å². The van der Waals surface area contributed by atoms with E-state index in [-0.39, 0.29) is 0 Å². The van der Waals surface area contributed by atoms with Gasteiger partial charge in [-0.15, -0.1) is 0 Å². The van der Waals surface area contributed by atoms with E-state index in [4.69, 9.17) is 0 Å². The summed E-state index contributed by atoms with van der Waals surface area (Å²) in [5.41, 5.74) is 0. The summed E-state index contributed by atoms with van der Waals surface area (Å²) in [5.74, 6) is 3.04. The third-order valence-electron chi connectivity index (χ3n) is 5.51. The molecular weight excluding hydrogens is 276 g/mol. The van der Waals surface area contributed by atoms with E-state index in [2.05, 4.69) is 20.2 Å². The van der Waals surface area contributed by atoms with E-state index in [9.17, 15) is 4.79 Å². The molecule has 1 aliphatic heterocycles. The summed E-state index contributed by atoms with van der Waals surface area (Å²) in [6, 6.07) is 2.13. The average molecular weight is 300 g/mol. The molecule has 5 nitrogen and oxygen atoms in total. The summed E-state index contributed by atoms with van der Waals surface area (Å²) in [6.07, 6.45) is 10.7. The quantitative estimate of drug-likeness (QED) is 0.906. The number of hydrogen-bond acceptors (Lipinski definition) is 4. The van der Waals surface area contributed by atoms with Crippen molar-refractivity contribution in [3.05, 3.63) is 18.5 Å². The molecule has 22 heavy (non-hydrogen) atoms. The Balaban J connectivity index is 1.40. The number of amides is 1. The lowest BCUT2D eigenvalue weighted by Gasteiger charge is -2.27. The maximum atomic E-state index is 12.5. The Bertz CT molecular complexity index is 527. The third-order valence-corrected chi connectivity index (χ3v) is 5.51. The second-order valence-corrected chi connectivity index (χ2v) is 7.12. The fraction of sp³-hybridized carbons (Fsp3) is 0.706. The molecule has 3 fully saturated rings. The maximum Gasteiger partial charge on any atom is 0.222 e. The van der Waals surface area contributed by atoms with Crippen molar-refractivity contribution in [1.29, 1.82) is 0 Å². The van der Waals surface area contributed by atoms with Crippen molar-refractivity contribution in [3.8, 4) is 0 Å². The Hall–Kier alpha value is -1.65. The predicted octanol–water partition coefficient (Wildman–Crippen LogP) is 2.32. The van der Waals surface area contributed by atoms with Gasteiger partial charge in [0.1, 0.15) is 0 Å². The van der Waals surface area contributed by atoms with Crippen LogP contribution < -0.4 is 5.32 Å². The van der Waals surface area contributed by atoms with Gasteiger partial charge in [0.05, 0.1) is 6.04 Å². The monoisotopic (exact) mass is 300 g/mol. The van der Waals surface area contributed by atoms with Gasteiger partial charge < -0.3 is 10.2 Å². The van der Waals surface area contributed by atoms with Crippen LogP contribution in [0.2, 0.25) is 0 Å². The largest absolute Gasteiger partial charge is 0.349 e. The number of nitrogens with one attached hydrogen (secondary N) is 1. The van der Waals surface area contributed by atoms with Gasteiger partial charge in [-0.1, -0.05) is 6.42 Å². The molecule has 1 N–H and O–H groups in total. The maximum absolute atomic E-state index is 12.5. The van der Waals surface area contributed by atoms with Crippen molar-refractivity contribution in [2.45, 2.75) is 44.6 Å². The van der Waals surface area contributed by atoms with Crippen LogP contribution >= 0.6 is 0 Å². The molecule has 5 heteroatoms. The summed E-state index contributed by atoms with van der Waals surface area (Å²) in [4.78, 5) is 23.1. The van der Waals surface area contributed by atoms with E-state index in [0.717, 1.165) is 25.4 Å². The number of aromatic nitrogens is 2. The molecule has 1 aromatic rings. The number of nitrogens with zero attached hydrogens (tertiary/aromatic N) is 3. The van der Waals surface area contributed by atoms with Crippen molar-refractivity contribution >= 4 is 11.9 Å². The SMILES string of the molecule is O=C(CC1CCC1)N1C[C@@H](Nc2ncccn2)[C@H](C2CC2)C1. The van der Waals surface area contributed by atoms with E-state index in [1.165, 1.54) is 32.1 Å². The van der Waals surface area contributed by atoms with E-state index in [0.29, 0.717) is 29.7 Å². The highest BCUT2D eigenvalue weighted by Gasteiger charge is 2.44. The van der Waals surface area contributed by atoms with Gasteiger partial charge in [0.25, 0.3) is 0 Å². The summed E-state index contributed by atoms with van der Waals surface area (Å²) in [5, 5.41) is 3.46. The molecule has 2 aliphatic carbocycles. The van der Waals surface area contributed by atoms with Gasteiger partial charge in [0, 0.05) is 37.8 Å². The van der Waals surface area contributed by atoms with Gasteiger partial charge in [0.2, 0.25) is 11.9 Å². The highest BCUT2D eigenvalue weighted by atomic mass is 16.2. The summed E-state index contributed by atoms with van der Waals surface area (Å²) >= 11 is 0. The second-order valence-electron chi connectivity index (χ2n) is 7.12. The summed E-state index contributed by atoms with van der Waals surface area (Å²) in [7, 11) is 0. The predicted molar refractivity (Wildman–Crippen MR) is 84.2 cm³/mol. The number of carbonyl (C=O) groups excluding carboxylic acids is 1. The fourth-order valence-electron chi connectivity index (χ4n) is 3.80. The lowest BCUT2D eigenvalue weighted by atomic mass is 9.83. The Morgan fingerprint density at radius 2 is 1.95 bits per heavy atom. The van der Waals surface area contributed by atoms with Crippen LogP contribution in [0, 0.1) is 17.8 Å².